The predicted octanol–water partition coefficient (Wildman–Crippen LogP) is 5.65. The van der Waals surface area contributed by atoms with Crippen LogP contribution in [0.5, 0.6) is 0 Å². The molecule has 1 nitrogen and oxygen atoms in total. The summed E-state index contributed by atoms with van der Waals surface area (Å²) in [5.41, 5.74) is 1.08. The number of hydrogen-bond donors (Lipinski definition) is 0. The maximum atomic E-state index is 12.6. The van der Waals surface area contributed by atoms with Crippen molar-refractivity contribution in [2.75, 3.05) is 0 Å². The highest BCUT2D eigenvalue weighted by atomic mass is 79.9. The van der Waals surface area contributed by atoms with E-state index in [4.69, 9.17) is 0 Å². The fourth-order valence-corrected chi connectivity index (χ4v) is 4.07. The molecule has 1 heterocycles. The van der Waals surface area contributed by atoms with E-state index in [2.05, 4.69) is 31.9 Å². The van der Waals surface area contributed by atoms with Crippen molar-refractivity contribution in [3.05, 3.63) is 55.1 Å². The van der Waals surface area contributed by atoms with Gasteiger partial charge in [-0.3, -0.25) is 4.79 Å². The molecule has 1 aromatic carbocycles. The van der Waals surface area contributed by atoms with Crippen LogP contribution in [-0.4, -0.2) is 5.78 Å². The van der Waals surface area contributed by atoms with Crippen LogP contribution in [0.1, 0.15) is 34.5 Å². The maximum absolute atomic E-state index is 12.6. The third-order valence-corrected chi connectivity index (χ3v) is 6.38. The van der Waals surface area contributed by atoms with Gasteiger partial charge in [0.15, 0.2) is 5.78 Å². The van der Waals surface area contributed by atoms with Gasteiger partial charge in [0, 0.05) is 15.8 Å². The fraction of sp³-hybridized carbons (Fsp3) is 0.214. The van der Waals surface area contributed by atoms with Crippen molar-refractivity contribution < 1.29 is 4.79 Å². The van der Waals surface area contributed by atoms with E-state index in [1.165, 1.54) is 11.3 Å². The molecule has 0 aliphatic heterocycles. The molecule has 0 saturated heterocycles. The third-order valence-electron chi connectivity index (χ3n) is 2.84. The van der Waals surface area contributed by atoms with Crippen LogP contribution < -0.4 is 0 Å². The molecule has 0 N–H and O–H groups in total. The third kappa shape index (κ3) is 2.76. The number of Topliss-reactive ketones (excluding diaryl/α,β-unsaturated/α-hetero) is 1. The number of carbonyl (C=O) groups excluding carboxylic acids is 1. The zero-order valence-electron chi connectivity index (χ0n) is 9.82. The quantitative estimate of drug-likeness (QED) is 0.619. The summed E-state index contributed by atoms with van der Waals surface area (Å²) < 4.78 is 1.81. The molecule has 0 radical (unpaired) electrons. The Morgan fingerprint density at radius 1 is 1.28 bits per heavy atom. The van der Waals surface area contributed by atoms with Gasteiger partial charge in [-0.2, -0.15) is 0 Å². The van der Waals surface area contributed by atoms with E-state index >= 15 is 0 Å². The summed E-state index contributed by atoms with van der Waals surface area (Å²) in [6, 6.07) is 9.96. The molecule has 1 atom stereocenters. The zero-order chi connectivity index (χ0) is 13.1. The van der Waals surface area contributed by atoms with E-state index in [1.54, 1.807) is 0 Å². The van der Waals surface area contributed by atoms with Gasteiger partial charge >= 0.3 is 0 Å². The second kappa shape index (κ2) is 6.13. The van der Waals surface area contributed by atoms with Crippen molar-refractivity contribution in [3.63, 3.8) is 0 Å². The van der Waals surface area contributed by atoms with Crippen LogP contribution in [-0.2, 0) is 0 Å². The Labute approximate surface area is 127 Å². The molecule has 0 aliphatic carbocycles. The van der Waals surface area contributed by atoms with Crippen molar-refractivity contribution in [2.24, 2.45) is 0 Å². The largest absolute Gasteiger partial charge is 0.293 e. The summed E-state index contributed by atoms with van der Waals surface area (Å²) in [5.74, 6) is 0.124. The van der Waals surface area contributed by atoms with Gasteiger partial charge in [0.05, 0.1) is 9.35 Å². The van der Waals surface area contributed by atoms with Crippen LogP contribution in [0.2, 0.25) is 0 Å². The molecule has 4 heteroatoms. The van der Waals surface area contributed by atoms with Gasteiger partial charge < -0.3 is 0 Å². The molecule has 2 aromatic rings. The highest BCUT2D eigenvalue weighted by Crippen LogP contribution is 2.36. The number of hydrogen-bond acceptors (Lipinski definition) is 2. The number of carbonyl (C=O) groups is 1. The number of ketones is 1. The Hall–Kier alpha value is -0.450. The second-order valence-electron chi connectivity index (χ2n) is 3.96. The van der Waals surface area contributed by atoms with Crippen molar-refractivity contribution in [1.29, 1.82) is 0 Å². The van der Waals surface area contributed by atoms with Crippen molar-refractivity contribution in [1.82, 2.24) is 0 Å². The first-order valence-electron chi connectivity index (χ1n) is 5.66. The van der Waals surface area contributed by atoms with Crippen LogP contribution in [0.3, 0.4) is 0 Å². The minimum Gasteiger partial charge on any atom is -0.293 e. The molecule has 0 spiro atoms. The highest BCUT2D eigenvalue weighted by molar-refractivity contribution is 9.13. The van der Waals surface area contributed by atoms with Gasteiger partial charge in [0.2, 0.25) is 0 Å². The lowest BCUT2D eigenvalue weighted by molar-refractivity contribution is 0.0960. The summed E-state index contributed by atoms with van der Waals surface area (Å²) in [5, 5.41) is 1.94. The first-order chi connectivity index (χ1) is 8.65. The Morgan fingerprint density at radius 3 is 2.44 bits per heavy atom. The first-order valence-corrected chi connectivity index (χ1v) is 8.13. The summed E-state index contributed by atoms with van der Waals surface area (Å²) >= 11 is 8.37. The maximum Gasteiger partial charge on any atom is 0.181 e. The van der Waals surface area contributed by atoms with Gasteiger partial charge in [-0.05, 0) is 43.8 Å². The van der Waals surface area contributed by atoms with E-state index in [-0.39, 0.29) is 11.7 Å². The summed E-state index contributed by atoms with van der Waals surface area (Å²) in [7, 11) is 0. The molecule has 0 fully saturated rings. The van der Waals surface area contributed by atoms with Crippen LogP contribution in [0.4, 0.5) is 0 Å². The smallest absolute Gasteiger partial charge is 0.181 e. The predicted molar refractivity (Wildman–Crippen MR) is 83.5 cm³/mol. The number of thiophene rings is 1. The zero-order valence-corrected chi connectivity index (χ0v) is 13.8. The van der Waals surface area contributed by atoms with Gasteiger partial charge in [-0.25, -0.2) is 0 Å². The van der Waals surface area contributed by atoms with Gasteiger partial charge in [0.25, 0.3) is 0 Å². The molecule has 0 aliphatic rings. The lowest BCUT2D eigenvalue weighted by Gasteiger charge is -2.13. The van der Waals surface area contributed by atoms with Crippen molar-refractivity contribution in [3.8, 4) is 0 Å². The summed E-state index contributed by atoms with van der Waals surface area (Å²) in [6.07, 6.45) is 0.810. The summed E-state index contributed by atoms with van der Waals surface area (Å²) in [4.78, 5) is 13.4. The van der Waals surface area contributed by atoms with Crippen LogP contribution in [0.25, 0.3) is 0 Å². The molecule has 1 unspecified atom stereocenters. The van der Waals surface area contributed by atoms with Gasteiger partial charge in [-0.15, -0.1) is 11.3 Å². The minimum absolute atomic E-state index is 0.0620. The van der Waals surface area contributed by atoms with E-state index in [9.17, 15) is 4.79 Å². The lowest BCUT2D eigenvalue weighted by Crippen LogP contribution is -2.11. The van der Waals surface area contributed by atoms with E-state index in [1.807, 2.05) is 42.6 Å². The van der Waals surface area contributed by atoms with E-state index < -0.39 is 0 Å². The van der Waals surface area contributed by atoms with Crippen molar-refractivity contribution in [2.45, 2.75) is 19.3 Å². The molecule has 94 valence electrons. The molecule has 2 rings (SSSR count). The normalized spacial score (nSPS) is 12.4. The number of benzene rings is 1. The topological polar surface area (TPSA) is 17.1 Å². The standard InChI is InChI=1S/C14H12Br2OS/c1-2-10(9-6-4-3-5-7-9)13(17)14-12(16)11(15)8-18-14/h3-8,10H,2H2,1H3. The van der Waals surface area contributed by atoms with E-state index in [0.29, 0.717) is 0 Å². The average Bonchev–Trinajstić information content (AvgIpc) is 2.72. The summed E-state index contributed by atoms with van der Waals surface area (Å²) in [6.45, 7) is 2.05. The minimum atomic E-state index is -0.0620. The van der Waals surface area contributed by atoms with Gasteiger partial charge in [-0.1, -0.05) is 37.3 Å². The highest BCUT2D eigenvalue weighted by Gasteiger charge is 2.24. The Balaban J connectivity index is 2.35. The molecule has 18 heavy (non-hydrogen) atoms. The van der Waals surface area contributed by atoms with Crippen LogP contribution in [0, 0.1) is 0 Å². The first kappa shape index (κ1) is 14.0. The molecule has 0 bridgehead atoms. The molecule has 0 amide bonds. The van der Waals surface area contributed by atoms with Gasteiger partial charge in [0.1, 0.15) is 0 Å². The van der Waals surface area contributed by atoms with Crippen molar-refractivity contribution >= 4 is 49.0 Å². The fourth-order valence-electron chi connectivity index (χ4n) is 1.90. The Kier molecular flexibility index (Phi) is 4.76. The number of rotatable bonds is 4. The average molecular weight is 388 g/mol. The number of halogens is 2. The van der Waals surface area contributed by atoms with E-state index in [0.717, 1.165) is 25.8 Å². The SMILES string of the molecule is CCC(C(=O)c1scc(Br)c1Br)c1ccccc1. The van der Waals surface area contributed by atoms with Crippen LogP contribution >= 0.6 is 43.2 Å². The molecule has 1 aromatic heterocycles. The monoisotopic (exact) mass is 386 g/mol. The second-order valence-corrected chi connectivity index (χ2v) is 6.49. The lowest BCUT2D eigenvalue weighted by atomic mass is 9.91. The Morgan fingerprint density at radius 2 is 1.94 bits per heavy atom. The Bertz CT molecular complexity index is 548. The molecular weight excluding hydrogens is 376 g/mol. The molecule has 0 saturated carbocycles. The van der Waals surface area contributed by atoms with Crippen LogP contribution in [0.15, 0.2) is 44.7 Å². The molecular formula is C14H12Br2OS.